The van der Waals surface area contributed by atoms with E-state index in [-0.39, 0.29) is 0 Å². The number of benzene rings is 2. The lowest BCUT2D eigenvalue weighted by atomic mass is 10.0. The van der Waals surface area contributed by atoms with Crippen LogP contribution in [0.1, 0.15) is 44.2 Å². The first-order valence-corrected chi connectivity index (χ1v) is 12.2. The first-order valence-electron chi connectivity index (χ1n) is 10.7. The van der Waals surface area contributed by atoms with E-state index in [1.807, 2.05) is 33.6 Å². The molecule has 2 aromatic heterocycles. The average Bonchev–Trinajstić information content (AvgIpc) is 3.53. The van der Waals surface area contributed by atoms with Crippen molar-refractivity contribution in [1.29, 1.82) is 0 Å². The summed E-state index contributed by atoms with van der Waals surface area (Å²) in [6, 6.07) is 14.0. The topological polar surface area (TPSA) is 61.4 Å². The normalized spacial score (nSPS) is 14.4. The fourth-order valence-electron chi connectivity index (χ4n) is 4.44. The van der Waals surface area contributed by atoms with E-state index < -0.39 is 0 Å². The molecule has 1 aliphatic rings. The molecule has 1 saturated carbocycles. The van der Waals surface area contributed by atoms with E-state index in [0.29, 0.717) is 21.9 Å². The number of nitrogens with zero attached hydrogens (tertiary/aromatic N) is 6. The number of hydrogen-bond donors (Lipinski definition) is 0. The van der Waals surface area contributed by atoms with Crippen LogP contribution in [-0.4, -0.2) is 30.0 Å². The Balaban J connectivity index is 1.76. The average molecular weight is 532 g/mol. The van der Waals surface area contributed by atoms with Crippen LogP contribution in [0.25, 0.3) is 28.5 Å². The highest BCUT2D eigenvalue weighted by Gasteiger charge is 2.28. The number of hydrogen-bond acceptors (Lipinski definition) is 4. The smallest absolute Gasteiger partial charge is 0.203 e. The molecule has 1 fully saturated rings. The molecule has 2 heterocycles. The lowest BCUT2D eigenvalue weighted by Crippen LogP contribution is -2.09. The van der Waals surface area contributed by atoms with Gasteiger partial charge in [0.25, 0.3) is 0 Å². The van der Waals surface area contributed by atoms with Gasteiger partial charge in [-0.2, -0.15) is 5.10 Å². The van der Waals surface area contributed by atoms with Crippen molar-refractivity contribution >= 4 is 39.1 Å². The van der Waals surface area contributed by atoms with Gasteiger partial charge in [-0.25, -0.2) is 9.36 Å². The van der Waals surface area contributed by atoms with Crippen molar-refractivity contribution in [2.75, 3.05) is 0 Å². The molecule has 0 amide bonds. The number of tetrazole rings is 1. The standard InChI is InChI=1S/C23H21BrCl2N6/c1-2-18-21(23-27-29-30-31(23)17-5-3-4-6-17)28-32(20-12-11-16(25)13-19(20)26)22(18)14-7-9-15(24)10-8-14/h7-13,17H,2-6H2,1H3. The fourth-order valence-corrected chi connectivity index (χ4v) is 5.19. The molecule has 0 saturated heterocycles. The predicted octanol–water partition coefficient (Wildman–Crippen LogP) is 6.94. The lowest BCUT2D eigenvalue weighted by molar-refractivity contribution is 0.457. The SMILES string of the molecule is CCc1c(-c2nnnn2C2CCCC2)nn(-c2ccc(Cl)cc2Cl)c1-c1ccc(Br)cc1. The first kappa shape index (κ1) is 21.6. The second kappa shape index (κ2) is 8.96. The molecule has 5 rings (SSSR count). The second-order valence-electron chi connectivity index (χ2n) is 7.93. The highest BCUT2D eigenvalue weighted by Crippen LogP contribution is 2.38. The van der Waals surface area contributed by atoms with E-state index in [9.17, 15) is 0 Å². The summed E-state index contributed by atoms with van der Waals surface area (Å²) in [6.07, 6.45) is 5.34. The van der Waals surface area contributed by atoms with Gasteiger partial charge in [-0.15, -0.1) is 5.10 Å². The number of halogens is 3. The second-order valence-corrected chi connectivity index (χ2v) is 9.69. The third-order valence-corrected chi connectivity index (χ3v) is 7.03. The van der Waals surface area contributed by atoms with Gasteiger partial charge in [-0.1, -0.05) is 71.0 Å². The summed E-state index contributed by atoms with van der Waals surface area (Å²) in [4.78, 5) is 0. The van der Waals surface area contributed by atoms with Gasteiger partial charge >= 0.3 is 0 Å². The van der Waals surface area contributed by atoms with E-state index in [0.717, 1.165) is 51.9 Å². The summed E-state index contributed by atoms with van der Waals surface area (Å²) in [7, 11) is 0. The number of rotatable bonds is 5. The minimum absolute atomic E-state index is 0.310. The fraction of sp³-hybridized carbons (Fsp3) is 0.304. The molecule has 32 heavy (non-hydrogen) atoms. The van der Waals surface area contributed by atoms with Crippen LogP contribution in [0.4, 0.5) is 0 Å². The Hall–Kier alpha value is -2.22. The quantitative estimate of drug-likeness (QED) is 0.280. The third kappa shape index (κ3) is 3.87. The highest BCUT2D eigenvalue weighted by molar-refractivity contribution is 9.10. The minimum atomic E-state index is 0.310. The van der Waals surface area contributed by atoms with E-state index in [1.54, 1.807) is 6.07 Å². The van der Waals surface area contributed by atoms with Crippen LogP contribution < -0.4 is 0 Å². The summed E-state index contributed by atoms with van der Waals surface area (Å²) in [5.41, 5.74) is 4.63. The summed E-state index contributed by atoms with van der Waals surface area (Å²) in [5, 5.41) is 18.9. The van der Waals surface area contributed by atoms with Crippen molar-refractivity contribution in [3.05, 3.63) is 62.5 Å². The highest BCUT2D eigenvalue weighted by atomic mass is 79.9. The molecule has 4 aromatic rings. The molecule has 0 atom stereocenters. The van der Waals surface area contributed by atoms with E-state index in [4.69, 9.17) is 28.3 Å². The van der Waals surface area contributed by atoms with E-state index in [2.05, 4.69) is 50.5 Å². The monoisotopic (exact) mass is 530 g/mol. The maximum Gasteiger partial charge on any atom is 0.203 e. The van der Waals surface area contributed by atoms with Gasteiger partial charge in [0.15, 0.2) is 0 Å². The van der Waals surface area contributed by atoms with Crippen molar-refractivity contribution in [3.63, 3.8) is 0 Å². The molecule has 1 aliphatic carbocycles. The zero-order valence-corrected chi connectivity index (χ0v) is 20.6. The Bertz CT molecular complexity index is 1260. The Morgan fingerprint density at radius 3 is 2.50 bits per heavy atom. The molecule has 0 radical (unpaired) electrons. The molecule has 0 spiro atoms. The molecule has 0 unspecified atom stereocenters. The Labute approximate surface area is 204 Å². The van der Waals surface area contributed by atoms with Crippen LogP contribution in [0.2, 0.25) is 10.0 Å². The zero-order chi connectivity index (χ0) is 22.2. The minimum Gasteiger partial charge on any atom is -0.231 e. The molecule has 0 bridgehead atoms. The molecule has 2 aromatic carbocycles. The van der Waals surface area contributed by atoms with Crippen LogP contribution in [-0.2, 0) is 6.42 Å². The number of aromatic nitrogens is 6. The zero-order valence-electron chi connectivity index (χ0n) is 17.5. The molecular formula is C23H21BrCl2N6. The molecule has 0 aliphatic heterocycles. The van der Waals surface area contributed by atoms with Crippen LogP contribution in [0, 0.1) is 0 Å². The van der Waals surface area contributed by atoms with Crippen LogP contribution in [0.5, 0.6) is 0 Å². The van der Waals surface area contributed by atoms with Crippen molar-refractivity contribution in [2.24, 2.45) is 0 Å². The largest absolute Gasteiger partial charge is 0.231 e. The molecule has 164 valence electrons. The van der Waals surface area contributed by atoms with Gasteiger partial charge in [0.05, 0.1) is 22.4 Å². The van der Waals surface area contributed by atoms with Crippen LogP contribution in [0.3, 0.4) is 0 Å². The Kier molecular flexibility index (Phi) is 6.05. The maximum atomic E-state index is 6.61. The molecule has 9 heteroatoms. The van der Waals surface area contributed by atoms with Gasteiger partial charge < -0.3 is 0 Å². The molecule has 6 nitrogen and oxygen atoms in total. The maximum absolute atomic E-state index is 6.61. The van der Waals surface area contributed by atoms with Gasteiger partial charge in [-0.05, 0) is 60.0 Å². The molecular weight excluding hydrogens is 511 g/mol. The first-order chi connectivity index (χ1) is 15.6. The van der Waals surface area contributed by atoms with Gasteiger partial charge in [0.1, 0.15) is 5.69 Å². The lowest BCUT2D eigenvalue weighted by Gasteiger charge is -2.11. The van der Waals surface area contributed by atoms with Crippen LogP contribution in [0.15, 0.2) is 46.9 Å². The van der Waals surface area contributed by atoms with Crippen molar-refractivity contribution in [3.8, 4) is 28.5 Å². The van der Waals surface area contributed by atoms with Gasteiger partial charge in [-0.3, -0.25) is 0 Å². The van der Waals surface area contributed by atoms with Gasteiger partial charge in [0.2, 0.25) is 5.82 Å². The van der Waals surface area contributed by atoms with Crippen molar-refractivity contribution in [1.82, 2.24) is 30.0 Å². The van der Waals surface area contributed by atoms with Gasteiger partial charge in [0, 0.05) is 20.6 Å². The summed E-state index contributed by atoms with van der Waals surface area (Å²) >= 11 is 16.3. The predicted molar refractivity (Wildman–Crippen MR) is 130 cm³/mol. The third-order valence-electron chi connectivity index (χ3n) is 5.97. The van der Waals surface area contributed by atoms with E-state index >= 15 is 0 Å². The Morgan fingerprint density at radius 2 is 1.81 bits per heavy atom. The summed E-state index contributed by atoms with van der Waals surface area (Å²) in [5.74, 6) is 0.705. The summed E-state index contributed by atoms with van der Waals surface area (Å²) in [6.45, 7) is 2.13. The molecule has 0 N–H and O–H groups in total. The van der Waals surface area contributed by atoms with E-state index in [1.165, 1.54) is 12.8 Å². The van der Waals surface area contributed by atoms with Crippen molar-refractivity contribution in [2.45, 2.75) is 45.1 Å². The van der Waals surface area contributed by atoms with Crippen molar-refractivity contribution < 1.29 is 0 Å². The summed E-state index contributed by atoms with van der Waals surface area (Å²) < 4.78 is 4.86. The Morgan fingerprint density at radius 1 is 1.06 bits per heavy atom. The van der Waals surface area contributed by atoms with Crippen LogP contribution >= 0.6 is 39.1 Å².